The Kier molecular flexibility index (Phi) is 4.26. The van der Waals surface area contributed by atoms with Gasteiger partial charge in [0.05, 0.1) is 17.6 Å². The number of nitrogens with zero attached hydrogens (tertiary/aromatic N) is 3. The molecule has 26 heavy (non-hydrogen) atoms. The minimum Gasteiger partial charge on any atom is -0.324 e. The Morgan fingerprint density at radius 3 is 2.73 bits per heavy atom. The van der Waals surface area contributed by atoms with E-state index in [0.29, 0.717) is 16.6 Å². The van der Waals surface area contributed by atoms with Gasteiger partial charge in [0.1, 0.15) is 5.82 Å². The van der Waals surface area contributed by atoms with Gasteiger partial charge in [0.2, 0.25) is 0 Å². The molecular formula is C19H14Cl2N4O. The van der Waals surface area contributed by atoms with E-state index in [0.717, 1.165) is 33.5 Å². The maximum atomic E-state index is 11.2. The van der Waals surface area contributed by atoms with Crippen molar-refractivity contribution < 1.29 is 0 Å². The molecule has 0 unspecified atom stereocenters. The molecule has 0 bridgehead atoms. The molecule has 0 spiro atoms. The minimum absolute atomic E-state index is 0.369. The number of nitrogens with one attached hydrogen (secondary N) is 1. The topological polar surface area (TPSA) is 63.6 Å². The summed E-state index contributed by atoms with van der Waals surface area (Å²) in [5.74, 6) is 0.882. The maximum Gasteiger partial charge on any atom is 0.344 e. The van der Waals surface area contributed by atoms with Crippen molar-refractivity contribution in [2.24, 2.45) is 0 Å². The fraction of sp³-hybridized carbons (Fsp3) is 0.105. The number of benzene rings is 2. The van der Waals surface area contributed by atoms with Crippen LogP contribution in [0.3, 0.4) is 0 Å². The van der Waals surface area contributed by atoms with Crippen LogP contribution < -0.4 is 5.69 Å². The van der Waals surface area contributed by atoms with Crippen LogP contribution in [0.25, 0.3) is 22.2 Å². The first-order valence-electron chi connectivity index (χ1n) is 7.97. The zero-order valence-electron chi connectivity index (χ0n) is 13.8. The van der Waals surface area contributed by atoms with Crippen molar-refractivity contribution in [3.05, 3.63) is 80.7 Å². The summed E-state index contributed by atoms with van der Waals surface area (Å²) in [6.07, 6.45) is 3.21. The largest absolute Gasteiger partial charge is 0.344 e. The van der Waals surface area contributed by atoms with Gasteiger partial charge >= 0.3 is 5.69 Å². The monoisotopic (exact) mass is 384 g/mol. The number of fused-ring (bicyclic) bond motifs is 1. The molecule has 0 amide bonds. The molecule has 0 aliphatic rings. The highest BCUT2D eigenvalue weighted by atomic mass is 35.5. The summed E-state index contributed by atoms with van der Waals surface area (Å²) in [5.41, 5.74) is 4.20. The van der Waals surface area contributed by atoms with E-state index in [1.54, 1.807) is 24.5 Å². The quantitative estimate of drug-likeness (QED) is 0.567. The lowest BCUT2D eigenvalue weighted by molar-refractivity contribution is 0.786. The molecule has 0 radical (unpaired) electrons. The molecule has 2 aromatic carbocycles. The summed E-state index contributed by atoms with van der Waals surface area (Å²) in [4.78, 5) is 22.2. The summed E-state index contributed by atoms with van der Waals surface area (Å²) in [6.45, 7) is 2.52. The van der Waals surface area contributed by atoms with E-state index >= 15 is 0 Å². The lowest BCUT2D eigenvalue weighted by atomic mass is 10.1. The van der Waals surface area contributed by atoms with Gasteiger partial charge in [-0.3, -0.25) is 0 Å². The third-order valence-corrected chi connectivity index (χ3v) is 4.88. The Balaban J connectivity index is 1.82. The van der Waals surface area contributed by atoms with Gasteiger partial charge in [0.15, 0.2) is 0 Å². The molecule has 2 aromatic heterocycles. The van der Waals surface area contributed by atoms with Crippen LogP contribution in [-0.4, -0.2) is 19.5 Å². The molecule has 0 aliphatic carbocycles. The van der Waals surface area contributed by atoms with Gasteiger partial charge in [-0.25, -0.2) is 14.8 Å². The van der Waals surface area contributed by atoms with Crippen LogP contribution in [-0.2, 0) is 6.54 Å². The molecule has 0 atom stereocenters. The first kappa shape index (κ1) is 16.8. The van der Waals surface area contributed by atoms with Crippen LogP contribution in [0, 0.1) is 6.92 Å². The SMILES string of the molecule is Cc1nc2ccc(-c3cnc(=O)[nH]c3)cc2n1Cc1cc(Cl)ccc1Cl. The third-order valence-electron chi connectivity index (χ3n) is 4.28. The van der Waals surface area contributed by atoms with E-state index in [1.807, 2.05) is 31.2 Å². The second kappa shape index (κ2) is 6.59. The van der Waals surface area contributed by atoms with Crippen molar-refractivity contribution in [2.75, 3.05) is 0 Å². The van der Waals surface area contributed by atoms with E-state index in [9.17, 15) is 4.79 Å². The van der Waals surface area contributed by atoms with Gasteiger partial charge in [-0.2, -0.15) is 0 Å². The summed E-state index contributed by atoms with van der Waals surface area (Å²) in [7, 11) is 0. The molecule has 0 fully saturated rings. The Labute approximate surface area is 159 Å². The third kappa shape index (κ3) is 3.11. The van der Waals surface area contributed by atoms with Crippen LogP contribution >= 0.6 is 23.2 Å². The van der Waals surface area contributed by atoms with Crippen molar-refractivity contribution >= 4 is 34.2 Å². The average molecular weight is 385 g/mol. The number of halogens is 2. The Morgan fingerprint density at radius 1 is 1.12 bits per heavy atom. The highest BCUT2D eigenvalue weighted by Crippen LogP contribution is 2.27. The van der Waals surface area contributed by atoms with Crippen LogP contribution in [0.15, 0.2) is 53.6 Å². The lowest BCUT2D eigenvalue weighted by Crippen LogP contribution is -2.07. The summed E-state index contributed by atoms with van der Waals surface area (Å²) < 4.78 is 2.09. The van der Waals surface area contributed by atoms with E-state index in [-0.39, 0.29) is 5.69 Å². The molecule has 1 N–H and O–H groups in total. The molecule has 0 saturated carbocycles. The van der Waals surface area contributed by atoms with E-state index in [4.69, 9.17) is 23.2 Å². The van der Waals surface area contributed by atoms with Crippen molar-refractivity contribution in [2.45, 2.75) is 13.5 Å². The van der Waals surface area contributed by atoms with Crippen molar-refractivity contribution in [1.82, 2.24) is 19.5 Å². The van der Waals surface area contributed by atoms with Gasteiger partial charge in [-0.05, 0) is 48.4 Å². The fourth-order valence-corrected chi connectivity index (χ4v) is 3.33. The standard InChI is InChI=1S/C19H14Cl2N4O/c1-11-24-17-5-2-12(14-8-22-19(26)23-9-14)7-18(17)25(11)10-13-6-15(20)3-4-16(13)21/h2-9H,10H2,1H3,(H,22,23,26). The number of aryl methyl sites for hydroxylation is 1. The van der Waals surface area contributed by atoms with Gasteiger partial charge in [0.25, 0.3) is 0 Å². The molecule has 7 heteroatoms. The second-order valence-corrected chi connectivity index (χ2v) is 6.84. The smallest absolute Gasteiger partial charge is 0.324 e. The Morgan fingerprint density at radius 2 is 1.96 bits per heavy atom. The van der Waals surface area contributed by atoms with Crippen LogP contribution in [0.1, 0.15) is 11.4 Å². The Bertz CT molecular complexity index is 1160. The molecular weight excluding hydrogens is 371 g/mol. The molecule has 4 rings (SSSR count). The highest BCUT2D eigenvalue weighted by Gasteiger charge is 2.12. The van der Waals surface area contributed by atoms with Gasteiger partial charge in [-0.15, -0.1) is 0 Å². The first-order chi connectivity index (χ1) is 12.5. The molecule has 0 saturated heterocycles. The zero-order chi connectivity index (χ0) is 18.3. The zero-order valence-corrected chi connectivity index (χ0v) is 15.3. The van der Waals surface area contributed by atoms with Gasteiger partial charge < -0.3 is 9.55 Å². The summed E-state index contributed by atoms with van der Waals surface area (Å²) in [5, 5.41) is 1.31. The fourth-order valence-electron chi connectivity index (χ4n) is 2.96. The molecule has 0 aliphatic heterocycles. The molecule has 130 valence electrons. The maximum absolute atomic E-state index is 11.2. The number of imidazole rings is 1. The minimum atomic E-state index is -0.369. The van der Waals surface area contributed by atoms with Crippen LogP contribution in [0.4, 0.5) is 0 Å². The number of aromatic nitrogens is 4. The predicted octanol–water partition coefficient (Wildman–Crippen LogP) is 4.45. The molecule has 5 nitrogen and oxygen atoms in total. The lowest BCUT2D eigenvalue weighted by Gasteiger charge is -2.10. The van der Waals surface area contributed by atoms with Crippen molar-refractivity contribution in [3.63, 3.8) is 0 Å². The van der Waals surface area contributed by atoms with E-state index < -0.39 is 0 Å². The molecule has 4 aromatic rings. The normalized spacial score (nSPS) is 11.2. The second-order valence-electron chi connectivity index (χ2n) is 5.99. The van der Waals surface area contributed by atoms with E-state index in [1.165, 1.54) is 0 Å². The number of aromatic amines is 1. The average Bonchev–Trinajstić information content (AvgIpc) is 2.94. The number of hydrogen-bond acceptors (Lipinski definition) is 3. The van der Waals surface area contributed by atoms with Crippen LogP contribution in [0.5, 0.6) is 0 Å². The van der Waals surface area contributed by atoms with E-state index in [2.05, 4.69) is 19.5 Å². The summed E-state index contributed by atoms with van der Waals surface area (Å²) in [6, 6.07) is 11.4. The van der Waals surface area contributed by atoms with Crippen molar-refractivity contribution in [1.29, 1.82) is 0 Å². The Hall–Kier alpha value is -2.63. The number of hydrogen-bond donors (Lipinski definition) is 1. The highest BCUT2D eigenvalue weighted by molar-refractivity contribution is 6.33. The molecule has 2 heterocycles. The number of H-pyrrole nitrogens is 1. The van der Waals surface area contributed by atoms with Crippen LogP contribution in [0.2, 0.25) is 10.0 Å². The number of rotatable bonds is 3. The van der Waals surface area contributed by atoms with Gasteiger partial charge in [-0.1, -0.05) is 29.3 Å². The van der Waals surface area contributed by atoms with Crippen molar-refractivity contribution in [3.8, 4) is 11.1 Å². The first-order valence-corrected chi connectivity index (χ1v) is 8.73. The summed E-state index contributed by atoms with van der Waals surface area (Å²) >= 11 is 12.4. The van der Waals surface area contributed by atoms with Gasteiger partial charge in [0, 0.05) is 28.0 Å². The predicted molar refractivity (Wildman–Crippen MR) is 104 cm³/mol.